The normalized spacial score (nSPS) is 23.0. The highest BCUT2D eigenvalue weighted by molar-refractivity contribution is 6.42. The predicted octanol–water partition coefficient (Wildman–Crippen LogP) is 4.52. The van der Waals surface area contributed by atoms with Crippen molar-refractivity contribution in [2.45, 2.75) is 50.4 Å². The van der Waals surface area contributed by atoms with Crippen LogP contribution in [0.1, 0.15) is 41.6 Å². The fourth-order valence-electron chi connectivity index (χ4n) is 4.87. The molecule has 1 amide bonds. The van der Waals surface area contributed by atoms with E-state index in [-0.39, 0.29) is 5.91 Å². The summed E-state index contributed by atoms with van der Waals surface area (Å²) in [7, 11) is 1.60. The standard InChI is InChI=1S/C24H29Cl2N3O2/c1-31-21-4-2-3-17(12-21)24(30)28-10-9-27-18-13-19-6-7-20(14-18)29(19)15-16-5-8-22(25)23(26)11-16/h2-5,8,11-12,18-20,27H,6-7,9-10,13-15H2,1H3,(H,28,30)/t18-,19+,20-. The zero-order valence-electron chi connectivity index (χ0n) is 17.7. The number of methoxy groups -OCH3 is 1. The second-order valence-corrected chi connectivity index (χ2v) is 9.23. The van der Waals surface area contributed by atoms with Crippen molar-refractivity contribution in [3.63, 3.8) is 0 Å². The van der Waals surface area contributed by atoms with Gasteiger partial charge in [-0.2, -0.15) is 0 Å². The van der Waals surface area contributed by atoms with Crippen LogP contribution in [0.3, 0.4) is 0 Å². The molecule has 0 radical (unpaired) electrons. The minimum Gasteiger partial charge on any atom is -0.497 e. The third kappa shape index (κ3) is 5.53. The maximum Gasteiger partial charge on any atom is 0.251 e. The molecular weight excluding hydrogens is 433 g/mol. The topological polar surface area (TPSA) is 53.6 Å². The van der Waals surface area contributed by atoms with Gasteiger partial charge in [0.25, 0.3) is 5.91 Å². The molecule has 2 N–H and O–H groups in total. The third-order valence-corrected chi connectivity index (χ3v) is 7.15. The highest BCUT2D eigenvalue weighted by Gasteiger charge is 2.40. The van der Waals surface area contributed by atoms with Gasteiger partial charge in [0, 0.05) is 43.3 Å². The number of fused-ring (bicyclic) bond motifs is 2. The van der Waals surface area contributed by atoms with E-state index in [1.807, 2.05) is 24.3 Å². The van der Waals surface area contributed by atoms with Crippen molar-refractivity contribution in [1.29, 1.82) is 0 Å². The van der Waals surface area contributed by atoms with Crippen LogP contribution < -0.4 is 15.4 Å². The van der Waals surface area contributed by atoms with Gasteiger partial charge in [0.05, 0.1) is 17.2 Å². The lowest BCUT2D eigenvalue weighted by molar-refractivity contribution is 0.0947. The summed E-state index contributed by atoms with van der Waals surface area (Å²) in [6.45, 7) is 2.30. The first-order valence-electron chi connectivity index (χ1n) is 10.9. The largest absolute Gasteiger partial charge is 0.497 e. The number of piperidine rings is 1. The van der Waals surface area contributed by atoms with Gasteiger partial charge in [0.1, 0.15) is 5.75 Å². The molecule has 4 rings (SSSR count). The lowest BCUT2D eigenvalue weighted by Gasteiger charge is -2.39. The van der Waals surface area contributed by atoms with Gasteiger partial charge in [-0.3, -0.25) is 9.69 Å². The fourth-order valence-corrected chi connectivity index (χ4v) is 5.19. The monoisotopic (exact) mass is 461 g/mol. The van der Waals surface area contributed by atoms with Crippen LogP contribution in [-0.4, -0.2) is 49.1 Å². The van der Waals surface area contributed by atoms with Crippen LogP contribution in [0, 0.1) is 0 Å². The number of hydrogen-bond donors (Lipinski definition) is 2. The van der Waals surface area contributed by atoms with Gasteiger partial charge in [-0.25, -0.2) is 0 Å². The number of carbonyl (C=O) groups is 1. The molecule has 0 aliphatic carbocycles. The van der Waals surface area contributed by atoms with E-state index in [9.17, 15) is 4.79 Å². The van der Waals surface area contributed by atoms with Gasteiger partial charge in [-0.15, -0.1) is 0 Å². The summed E-state index contributed by atoms with van der Waals surface area (Å²) in [6, 6.07) is 14.8. The number of halogens is 2. The molecule has 2 aromatic rings. The van der Waals surface area contributed by atoms with Crippen LogP contribution in [0.5, 0.6) is 5.75 Å². The van der Waals surface area contributed by atoms with Crippen LogP contribution in [0.25, 0.3) is 0 Å². The predicted molar refractivity (Wildman–Crippen MR) is 125 cm³/mol. The molecule has 2 heterocycles. The Morgan fingerprint density at radius 2 is 1.84 bits per heavy atom. The van der Waals surface area contributed by atoms with Gasteiger partial charge in [-0.05, 0) is 61.6 Å². The molecule has 2 saturated heterocycles. The molecule has 2 fully saturated rings. The number of carbonyl (C=O) groups excluding carboxylic acids is 1. The van der Waals surface area contributed by atoms with Crippen molar-refractivity contribution in [1.82, 2.24) is 15.5 Å². The molecule has 166 valence electrons. The fraction of sp³-hybridized carbons (Fsp3) is 0.458. The van der Waals surface area contributed by atoms with E-state index in [0.29, 0.717) is 46.0 Å². The third-order valence-electron chi connectivity index (χ3n) is 6.41. The summed E-state index contributed by atoms with van der Waals surface area (Å²) in [5.74, 6) is 0.617. The Kier molecular flexibility index (Phi) is 7.39. The average molecular weight is 462 g/mol. The summed E-state index contributed by atoms with van der Waals surface area (Å²) >= 11 is 12.2. The van der Waals surface area contributed by atoms with Gasteiger partial charge in [0.15, 0.2) is 0 Å². The molecule has 0 spiro atoms. The second kappa shape index (κ2) is 10.2. The number of nitrogens with one attached hydrogen (secondary N) is 2. The van der Waals surface area contributed by atoms with Crippen LogP contribution in [0.15, 0.2) is 42.5 Å². The van der Waals surface area contributed by atoms with E-state index in [1.54, 1.807) is 19.2 Å². The SMILES string of the molecule is COc1cccc(C(=O)NCCN[C@H]2C[C@H]3CC[C@@H](C2)N3Cc2ccc(Cl)c(Cl)c2)c1. The summed E-state index contributed by atoms with van der Waals surface area (Å²) in [5.41, 5.74) is 1.84. The van der Waals surface area contributed by atoms with Crippen molar-refractivity contribution in [3.05, 3.63) is 63.6 Å². The Labute approximate surface area is 194 Å². The summed E-state index contributed by atoms with van der Waals surface area (Å²) in [6.07, 6.45) is 4.77. The van der Waals surface area contributed by atoms with E-state index >= 15 is 0 Å². The molecule has 31 heavy (non-hydrogen) atoms. The lowest BCUT2D eigenvalue weighted by Crippen LogP contribution is -2.49. The van der Waals surface area contributed by atoms with Crippen LogP contribution >= 0.6 is 23.2 Å². The van der Waals surface area contributed by atoms with Crippen molar-refractivity contribution in [2.24, 2.45) is 0 Å². The van der Waals surface area contributed by atoms with Crippen molar-refractivity contribution in [3.8, 4) is 5.75 Å². The molecule has 0 unspecified atom stereocenters. The second-order valence-electron chi connectivity index (χ2n) is 8.42. The van der Waals surface area contributed by atoms with E-state index in [1.165, 1.54) is 18.4 Å². The minimum absolute atomic E-state index is 0.0720. The molecule has 5 nitrogen and oxygen atoms in total. The van der Waals surface area contributed by atoms with E-state index in [2.05, 4.69) is 21.6 Å². The van der Waals surface area contributed by atoms with Crippen molar-refractivity contribution >= 4 is 29.1 Å². The first-order chi connectivity index (χ1) is 15.0. The first-order valence-corrected chi connectivity index (χ1v) is 11.6. The van der Waals surface area contributed by atoms with E-state index in [0.717, 1.165) is 25.9 Å². The molecule has 2 bridgehead atoms. The molecule has 2 aliphatic heterocycles. The van der Waals surface area contributed by atoms with Gasteiger partial charge < -0.3 is 15.4 Å². The number of hydrogen-bond acceptors (Lipinski definition) is 4. The van der Waals surface area contributed by atoms with Crippen molar-refractivity contribution in [2.75, 3.05) is 20.2 Å². The minimum atomic E-state index is -0.0720. The van der Waals surface area contributed by atoms with Gasteiger partial charge in [0.2, 0.25) is 0 Å². The molecule has 0 saturated carbocycles. The number of ether oxygens (including phenoxy) is 1. The van der Waals surface area contributed by atoms with E-state index in [4.69, 9.17) is 27.9 Å². The molecule has 2 aromatic carbocycles. The van der Waals surface area contributed by atoms with Crippen molar-refractivity contribution < 1.29 is 9.53 Å². The lowest BCUT2D eigenvalue weighted by atomic mass is 9.96. The molecule has 7 heteroatoms. The molecule has 2 aliphatic rings. The zero-order valence-corrected chi connectivity index (χ0v) is 19.3. The Bertz CT molecular complexity index is 909. The molecular formula is C24H29Cl2N3O2. The Hall–Kier alpha value is -1.79. The summed E-state index contributed by atoms with van der Waals surface area (Å²) in [4.78, 5) is 14.9. The van der Waals surface area contributed by atoms with Crippen LogP contribution in [-0.2, 0) is 6.54 Å². The van der Waals surface area contributed by atoms with Gasteiger partial charge >= 0.3 is 0 Å². The Balaban J connectivity index is 1.22. The smallest absolute Gasteiger partial charge is 0.251 e. The number of amides is 1. The number of benzene rings is 2. The Morgan fingerprint density at radius 1 is 1.06 bits per heavy atom. The summed E-state index contributed by atoms with van der Waals surface area (Å²) in [5, 5.41) is 7.87. The Morgan fingerprint density at radius 3 is 2.55 bits per heavy atom. The first kappa shape index (κ1) is 22.4. The number of rotatable bonds is 8. The maximum absolute atomic E-state index is 12.3. The quantitative estimate of drug-likeness (QED) is 0.567. The summed E-state index contributed by atoms with van der Waals surface area (Å²) < 4.78 is 5.18. The van der Waals surface area contributed by atoms with E-state index < -0.39 is 0 Å². The maximum atomic E-state index is 12.3. The zero-order chi connectivity index (χ0) is 21.8. The molecule has 0 aromatic heterocycles. The average Bonchev–Trinajstić information content (AvgIpc) is 3.01. The van der Waals surface area contributed by atoms with Gasteiger partial charge in [-0.1, -0.05) is 35.3 Å². The molecule has 3 atom stereocenters. The highest BCUT2D eigenvalue weighted by atomic mass is 35.5. The van der Waals surface area contributed by atoms with Crippen LogP contribution in [0.2, 0.25) is 10.0 Å². The van der Waals surface area contributed by atoms with Crippen LogP contribution in [0.4, 0.5) is 0 Å². The highest BCUT2D eigenvalue weighted by Crippen LogP contribution is 2.37. The number of nitrogens with zero attached hydrogens (tertiary/aromatic N) is 1.